The summed E-state index contributed by atoms with van der Waals surface area (Å²) in [6.07, 6.45) is 1.61. The van der Waals surface area contributed by atoms with E-state index in [1.807, 2.05) is 6.07 Å². The normalized spacial score (nSPS) is 10.4. The van der Waals surface area contributed by atoms with Gasteiger partial charge in [-0.1, -0.05) is 15.9 Å². The summed E-state index contributed by atoms with van der Waals surface area (Å²) in [7, 11) is 0. The molecule has 0 saturated heterocycles. The van der Waals surface area contributed by atoms with Crippen molar-refractivity contribution in [1.29, 1.82) is 0 Å². The Labute approximate surface area is 127 Å². The molecule has 0 atom stereocenters. The molecule has 0 bridgehead atoms. The van der Waals surface area contributed by atoms with Gasteiger partial charge in [0.25, 0.3) is 0 Å². The molecule has 80 valence electrons. The zero-order chi connectivity index (χ0) is 11.1. The number of pyridine rings is 1. The molecular weight excluding hydrogens is 293 g/mol. The van der Waals surface area contributed by atoms with E-state index in [0.717, 1.165) is 4.47 Å². The van der Waals surface area contributed by atoms with E-state index in [1.54, 1.807) is 30.5 Å². The van der Waals surface area contributed by atoms with Gasteiger partial charge in [-0.05, 0) is 30.3 Å². The number of aromatic nitrogens is 1. The Morgan fingerprint density at radius 3 is 2.82 bits per heavy atom. The quantitative estimate of drug-likeness (QED) is 0.473. The number of nitrogens with zero attached hydrogens (tertiary/aromatic N) is 1. The van der Waals surface area contributed by atoms with E-state index in [-0.39, 0.29) is 35.0 Å². The van der Waals surface area contributed by atoms with E-state index in [2.05, 4.69) is 20.9 Å². The SMILES string of the molecule is O=c1c2cc(Br)ccc2oc2ncccc12.[NaH]. The first kappa shape index (κ1) is 12.8. The summed E-state index contributed by atoms with van der Waals surface area (Å²) in [5.41, 5.74) is 0.882. The summed E-state index contributed by atoms with van der Waals surface area (Å²) in [5.74, 6) is 0. The van der Waals surface area contributed by atoms with Crippen molar-refractivity contribution in [1.82, 2.24) is 4.98 Å². The molecule has 0 saturated carbocycles. The van der Waals surface area contributed by atoms with Crippen LogP contribution in [0, 0.1) is 0 Å². The van der Waals surface area contributed by atoms with Crippen molar-refractivity contribution in [2.45, 2.75) is 0 Å². The summed E-state index contributed by atoms with van der Waals surface area (Å²) < 4.78 is 6.41. The van der Waals surface area contributed by atoms with Crippen molar-refractivity contribution in [3.05, 3.63) is 51.2 Å². The second-order valence-corrected chi connectivity index (χ2v) is 4.34. The Hall–Kier alpha value is -0.680. The molecule has 0 aliphatic rings. The van der Waals surface area contributed by atoms with Gasteiger partial charge in [-0.25, -0.2) is 4.98 Å². The first-order valence-electron chi connectivity index (χ1n) is 4.73. The molecule has 2 heterocycles. The van der Waals surface area contributed by atoms with Gasteiger partial charge < -0.3 is 4.42 Å². The molecule has 0 N–H and O–H groups in total. The van der Waals surface area contributed by atoms with E-state index in [0.29, 0.717) is 22.1 Å². The fourth-order valence-electron chi connectivity index (χ4n) is 1.66. The number of halogens is 1. The molecule has 0 radical (unpaired) electrons. The third-order valence-corrected chi connectivity index (χ3v) is 2.90. The van der Waals surface area contributed by atoms with Crippen LogP contribution < -0.4 is 5.43 Å². The van der Waals surface area contributed by atoms with E-state index in [4.69, 9.17) is 4.42 Å². The van der Waals surface area contributed by atoms with E-state index in [1.165, 1.54) is 0 Å². The topological polar surface area (TPSA) is 43.1 Å². The maximum atomic E-state index is 12.1. The van der Waals surface area contributed by atoms with Crippen LogP contribution >= 0.6 is 15.9 Å². The third-order valence-electron chi connectivity index (χ3n) is 2.41. The molecular formula is C12H7BrNNaO2. The van der Waals surface area contributed by atoms with Crippen molar-refractivity contribution >= 4 is 67.6 Å². The summed E-state index contributed by atoms with van der Waals surface area (Å²) in [4.78, 5) is 16.2. The van der Waals surface area contributed by atoms with Crippen LogP contribution in [0.5, 0.6) is 0 Å². The van der Waals surface area contributed by atoms with Gasteiger partial charge in [0, 0.05) is 10.7 Å². The molecule has 0 fully saturated rings. The third kappa shape index (κ3) is 2.18. The predicted octanol–water partition coefficient (Wildman–Crippen LogP) is 2.46. The Bertz CT molecular complexity index is 754. The zero-order valence-corrected chi connectivity index (χ0v) is 9.69. The molecule has 3 nitrogen and oxygen atoms in total. The molecule has 2 aromatic heterocycles. The first-order valence-corrected chi connectivity index (χ1v) is 5.52. The van der Waals surface area contributed by atoms with E-state index in [9.17, 15) is 4.79 Å². The Kier molecular flexibility index (Phi) is 3.68. The molecule has 5 heteroatoms. The average molecular weight is 300 g/mol. The summed E-state index contributed by atoms with van der Waals surface area (Å²) in [6.45, 7) is 0. The van der Waals surface area contributed by atoms with Crippen molar-refractivity contribution in [3.63, 3.8) is 0 Å². The zero-order valence-electron chi connectivity index (χ0n) is 8.11. The van der Waals surface area contributed by atoms with Gasteiger partial charge in [-0.15, -0.1) is 0 Å². The fourth-order valence-corrected chi connectivity index (χ4v) is 2.02. The standard InChI is InChI=1S/C12H6BrNO2.Na.H/c13-7-3-4-10-9(6-7)11(15)8-2-1-5-14-12(8)16-10;;/h1-6H;;. The minimum atomic E-state index is -0.0503. The van der Waals surface area contributed by atoms with Gasteiger partial charge >= 0.3 is 29.6 Å². The van der Waals surface area contributed by atoms with Gasteiger partial charge in [0.1, 0.15) is 5.58 Å². The Morgan fingerprint density at radius 1 is 1.18 bits per heavy atom. The van der Waals surface area contributed by atoms with Crippen molar-refractivity contribution in [2.75, 3.05) is 0 Å². The van der Waals surface area contributed by atoms with Crippen molar-refractivity contribution in [2.24, 2.45) is 0 Å². The molecule has 0 spiro atoms. The molecule has 0 aliphatic carbocycles. The van der Waals surface area contributed by atoms with Crippen molar-refractivity contribution < 1.29 is 4.42 Å². The summed E-state index contributed by atoms with van der Waals surface area (Å²) in [6, 6.07) is 8.79. The maximum absolute atomic E-state index is 12.1. The molecule has 0 aliphatic heterocycles. The van der Waals surface area contributed by atoms with Crippen LogP contribution in [0.3, 0.4) is 0 Å². The molecule has 3 aromatic rings. The van der Waals surface area contributed by atoms with E-state index >= 15 is 0 Å². The molecule has 0 unspecified atom stereocenters. The van der Waals surface area contributed by atoms with Gasteiger partial charge in [-0.2, -0.15) is 0 Å². The number of fused-ring (bicyclic) bond motifs is 2. The van der Waals surface area contributed by atoms with Crippen LogP contribution in [0.2, 0.25) is 0 Å². The molecule has 17 heavy (non-hydrogen) atoms. The fraction of sp³-hybridized carbons (Fsp3) is 0. The Balaban J connectivity index is 0.00000108. The monoisotopic (exact) mass is 299 g/mol. The predicted molar refractivity (Wildman–Crippen MR) is 72.6 cm³/mol. The first-order chi connectivity index (χ1) is 7.75. The second kappa shape index (κ2) is 4.90. The van der Waals surface area contributed by atoms with Crippen LogP contribution in [-0.4, -0.2) is 34.5 Å². The van der Waals surface area contributed by atoms with E-state index < -0.39 is 0 Å². The van der Waals surface area contributed by atoms with Gasteiger partial charge in [0.2, 0.25) is 11.1 Å². The average Bonchev–Trinajstić information content (AvgIpc) is 2.31. The van der Waals surface area contributed by atoms with Gasteiger partial charge in [0.15, 0.2) is 0 Å². The molecule has 1 aromatic carbocycles. The number of hydrogen-bond donors (Lipinski definition) is 0. The summed E-state index contributed by atoms with van der Waals surface area (Å²) >= 11 is 3.33. The Morgan fingerprint density at radius 2 is 2.00 bits per heavy atom. The minimum absolute atomic E-state index is 0. The molecule has 0 amide bonds. The number of hydrogen-bond acceptors (Lipinski definition) is 3. The van der Waals surface area contributed by atoms with Crippen LogP contribution in [0.25, 0.3) is 22.1 Å². The van der Waals surface area contributed by atoms with Crippen LogP contribution in [-0.2, 0) is 0 Å². The van der Waals surface area contributed by atoms with Crippen molar-refractivity contribution in [3.8, 4) is 0 Å². The second-order valence-electron chi connectivity index (χ2n) is 3.43. The van der Waals surface area contributed by atoms with Crippen LogP contribution in [0.4, 0.5) is 0 Å². The number of benzene rings is 1. The number of rotatable bonds is 0. The van der Waals surface area contributed by atoms with Crippen LogP contribution in [0.15, 0.2) is 50.2 Å². The van der Waals surface area contributed by atoms with Crippen LogP contribution in [0.1, 0.15) is 0 Å². The molecule has 3 rings (SSSR count). The van der Waals surface area contributed by atoms with Gasteiger partial charge in [0.05, 0.1) is 10.8 Å². The summed E-state index contributed by atoms with van der Waals surface area (Å²) in [5, 5.41) is 1.07. The van der Waals surface area contributed by atoms with Gasteiger partial charge in [-0.3, -0.25) is 4.79 Å².